The average Bonchev–Trinajstić information content (AvgIpc) is 2.47. The molecule has 104 valence electrons. The summed E-state index contributed by atoms with van der Waals surface area (Å²) in [6.07, 6.45) is 1.01. The van der Waals surface area contributed by atoms with E-state index in [-0.39, 0.29) is 0 Å². The maximum Gasteiger partial charge on any atom is 0.150 e. The summed E-state index contributed by atoms with van der Waals surface area (Å²) in [7, 11) is 1.80. The Labute approximate surface area is 128 Å². The van der Waals surface area contributed by atoms with Crippen LogP contribution in [0.3, 0.4) is 0 Å². The van der Waals surface area contributed by atoms with Gasteiger partial charge in [0.05, 0.1) is 10.0 Å². The summed E-state index contributed by atoms with van der Waals surface area (Å²) >= 11 is 12.4. The second-order valence-corrected chi connectivity index (χ2v) is 5.63. The van der Waals surface area contributed by atoms with Crippen molar-refractivity contribution < 1.29 is 0 Å². The fourth-order valence-electron chi connectivity index (χ4n) is 2.53. The molecule has 0 saturated carbocycles. The lowest BCUT2D eigenvalue weighted by molar-refractivity contribution is 0.721. The maximum atomic E-state index is 6.30. The van der Waals surface area contributed by atoms with Crippen molar-refractivity contribution in [1.82, 2.24) is 4.98 Å². The smallest absolute Gasteiger partial charge is 0.150 e. The molecule has 2 aromatic rings. The molecule has 1 N–H and O–H groups in total. The second-order valence-electron chi connectivity index (χ2n) is 4.81. The minimum Gasteiger partial charge on any atom is -0.372 e. The number of pyridine rings is 1. The Bertz CT molecular complexity index is 643. The van der Waals surface area contributed by atoms with Crippen LogP contribution in [0, 0.1) is 0 Å². The fraction of sp³-hybridized carbons (Fsp3) is 0.267. The summed E-state index contributed by atoms with van der Waals surface area (Å²) < 4.78 is 0. The van der Waals surface area contributed by atoms with Crippen LogP contribution in [0.1, 0.15) is 11.1 Å². The van der Waals surface area contributed by atoms with E-state index in [1.165, 1.54) is 11.1 Å². The van der Waals surface area contributed by atoms with E-state index in [1.807, 2.05) is 0 Å². The third-order valence-corrected chi connectivity index (χ3v) is 4.14. The lowest BCUT2D eigenvalue weighted by Gasteiger charge is -2.30. The zero-order valence-electron chi connectivity index (χ0n) is 11.2. The van der Waals surface area contributed by atoms with E-state index < -0.39 is 0 Å². The van der Waals surface area contributed by atoms with Gasteiger partial charge in [0.1, 0.15) is 11.6 Å². The van der Waals surface area contributed by atoms with Gasteiger partial charge in [-0.2, -0.15) is 0 Å². The molecule has 1 aromatic heterocycles. The second kappa shape index (κ2) is 5.51. The summed E-state index contributed by atoms with van der Waals surface area (Å²) in [6, 6.07) is 10.2. The highest BCUT2D eigenvalue weighted by atomic mass is 35.5. The number of nitrogens with one attached hydrogen (secondary N) is 1. The number of fused-ring (bicyclic) bond motifs is 1. The largest absolute Gasteiger partial charge is 0.372 e. The Morgan fingerprint density at radius 1 is 1.15 bits per heavy atom. The van der Waals surface area contributed by atoms with Crippen LogP contribution in [0.25, 0.3) is 0 Å². The van der Waals surface area contributed by atoms with Gasteiger partial charge in [0.2, 0.25) is 0 Å². The minimum atomic E-state index is 0.540. The summed E-state index contributed by atoms with van der Waals surface area (Å²) in [6.45, 7) is 1.74. The number of anilines is 2. The van der Waals surface area contributed by atoms with Crippen LogP contribution in [0.2, 0.25) is 10.0 Å². The van der Waals surface area contributed by atoms with Gasteiger partial charge in [-0.1, -0.05) is 47.5 Å². The first-order valence-electron chi connectivity index (χ1n) is 6.54. The maximum absolute atomic E-state index is 6.30. The normalized spacial score (nSPS) is 14.1. The molecule has 0 spiro atoms. The van der Waals surface area contributed by atoms with Crippen molar-refractivity contribution in [3.8, 4) is 0 Å². The van der Waals surface area contributed by atoms with Crippen LogP contribution in [-0.4, -0.2) is 18.6 Å². The molecule has 1 aliphatic heterocycles. The molecular formula is C15H15Cl2N3. The summed E-state index contributed by atoms with van der Waals surface area (Å²) in [4.78, 5) is 6.73. The fourth-order valence-corrected chi connectivity index (χ4v) is 3.10. The average molecular weight is 308 g/mol. The summed E-state index contributed by atoms with van der Waals surface area (Å²) in [5.41, 5.74) is 2.74. The van der Waals surface area contributed by atoms with E-state index in [9.17, 15) is 0 Å². The van der Waals surface area contributed by atoms with Crippen molar-refractivity contribution in [1.29, 1.82) is 0 Å². The van der Waals surface area contributed by atoms with Crippen LogP contribution in [0.5, 0.6) is 0 Å². The molecular weight excluding hydrogens is 293 g/mol. The van der Waals surface area contributed by atoms with Crippen molar-refractivity contribution >= 4 is 34.8 Å². The zero-order valence-corrected chi connectivity index (χ0v) is 12.7. The molecule has 0 amide bonds. The predicted molar refractivity (Wildman–Crippen MR) is 85.0 cm³/mol. The molecule has 0 radical (unpaired) electrons. The summed E-state index contributed by atoms with van der Waals surface area (Å²) in [5, 5.41) is 4.12. The minimum absolute atomic E-state index is 0.540. The third-order valence-electron chi connectivity index (χ3n) is 3.58. The van der Waals surface area contributed by atoms with E-state index in [1.54, 1.807) is 13.1 Å². The van der Waals surface area contributed by atoms with E-state index in [0.717, 1.165) is 25.3 Å². The van der Waals surface area contributed by atoms with Gasteiger partial charge in [-0.05, 0) is 23.6 Å². The zero-order chi connectivity index (χ0) is 14.1. The molecule has 1 aromatic carbocycles. The molecule has 3 rings (SSSR count). The van der Waals surface area contributed by atoms with Gasteiger partial charge in [0.15, 0.2) is 0 Å². The van der Waals surface area contributed by atoms with Crippen molar-refractivity contribution in [2.45, 2.75) is 13.0 Å². The van der Waals surface area contributed by atoms with E-state index in [0.29, 0.717) is 15.9 Å². The van der Waals surface area contributed by atoms with Crippen LogP contribution < -0.4 is 10.2 Å². The van der Waals surface area contributed by atoms with Crippen molar-refractivity contribution in [2.75, 3.05) is 23.8 Å². The molecule has 1 aliphatic rings. The Balaban J connectivity index is 1.95. The third kappa shape index (κ3) is 2.43. The molecule has 5 heteroatoms. The Morgan fingerprint density at radius 2 is 1.90 bits per heavy atom. The van der Waals surface area contributed by atoms with Gasteiger partial charge in [-0.3, -0.25) is 0 Å². The number of rotatable bonds is 2. The molecule has 0 unspecified atom stereocenters. The lowest BCUT2D eigenvalue weighted by atomic mass is 10.00. The quantitative estimate of drug-likeness (QED) is 0.909. The highest BCUT2D eigenvalue weighted by molar-refractivity contribution is 6.37. The Morgan fingerprint density at radius 3 is 2.65 bits per heavy atom. The topological polar surface area (TPSA) is 28.2 Å². The van der Waals surface area contributed by atoms with Gasteiger partial charge >= 0.3 is 0 Å². The number of nitrogens with zero attached hydrogens (tertiary/aromatic N) is 2. The van der Waals surface area contributed by atoms with Crippen LogP contribution in [0.15, 0.2) is 30.3 Å². The number of aromatic nitrogens is 1. The molecule has 0 atom stereocenters. The number of hydrogen-bond acceptors (Lipinski definition) is 3. The first-order valence-corrected chi connectivity index (χ1v) is 7.30. The highest BCUT2D eigenvalue weighted by Crippen LogP contribution is 2.33. The van der Waals surface area contributed by atoms with Crippen molar-refractivity contribution in [2.24, 2.45) is 0 Å². The van der Waals surface area contributed by atoms with E-state index in [4.69, 9.17) is 23.2 Å². The van der Waals surface area contributed by atoms with Gasteiger partial charge in [-0.15, -0.1) is 0 Å². The SMILES string of the molecule is CNc1nc(N2CCc3ccccc3C2)c(Cl)cc1Cl. The molecule has 20 heavy (non-hydrogen) atoms. The Hall–Kier alpha value is -1.45. The van der Waals surface area contributed by atoms with Gasteiger partial charge in [-0.25, -0.2) is 4.98 Å². The molecule has 0 bridgehead atoms. The number of halogens is 2. The standard InChI is InChI=1S/C15H15Cl2N3/c1-18-14-12(16)8-13(17)15(19-14)20-7-6-10-4-2-3-5-11(10)9-20/h2-5,8H,6-7,9H2,1H3,(H,18,19). The van der Waals surface area contributed by atoms with E-state index in [2.05, 4.69) is 39.5 Å². The first-order chi connectivity index (χ1) is 9.69. The first kappa shape index (κ1) is 13.5. The molecule has 0 fully saturated rings. The van der Waals surface area contributed by atoms with Crippen LogP contribution in [0.4, 0.5) is 11.6 Å². The lowest BCUT2D eigenvalue weighted by Crippen LogP contribution is -2.31. The molecule has 0 aliphatic carbocycles. The van der Waals surface area contributed by atoms with Crippen molar-refractivity contribution in [3.63, 3.8) is 0 Å². The van der Waals surface area contributed by atoms with Gasteiger partial charge in [0.25, 0.3) is 0 Å². The predicted octanol–water partition coefficient (Wildman–Crippen LogP) is 3.99. The summed E-state index contributed by atoms with van der Waals surface area (Å²) in [5.74, 6) is 1.44. The highest BCUT2D eigenvalue weighted by Gasteiger charge is 2.20. The Kier molecular flexibility index (Phi) is 3.72. The van der Waals surface area contributed by atoms with Gasteiger partial charge < -0.3 is 10.2 Å². The van der Waals surface area contributed by atoms with Crippen LogP contribution in [-0.2, 0) is 13.0 Å². The van der Waals surface area contributed by atoms with Crippen LogP contribution >= 0.6 is 23.2 Å². The molecule has 0 saturated heterocycles. The number of benzene rings is 1. The monoisotopic (exact) mass is 307 g/mol. The van der Waals surface area contributed by atoms with Crippen molar-refractivity contribution in [3.05, 3.63) is 51.5 Å². The van der Waals surface area contributed by atoms with E-state index >= 15 is 0 Å². The molecule has 3 nitrogen and oxygen atoms in total. The van der Waals surface area contributed by atoms with Gasteiger partial charge in [0, 0.05) is 20.1 Å². The molecule has 2 heterocycles. The number of hydrogen-bond donors (Lipinski definition) is 1.